The van der Waals surface area contributed by atoms with Crippen LogP contribution in [0.5, 0.6) is 5.75 Å². The molecule has 0 bridgehead atoms. The summed E-state index contributed by atoms with van der Waals surface area (Å²) in [7, 11) is 0. The average Bonchev–Trinajstić information content (AvgIpc) is 2.37. The van der Waals surface area contributed by atoms with E-state index in [2.05, 4.69) is 20.5 Å². The minimum absolute atomic E-state index is 0.0301. The minimum Gasteiger partial charge on any atom is -0.507 e. The molecule has 3 N–H and O–H groups in total. The maximum absolute atomic E-state index is 10.0. The molecule has 0 saturated heterocycles. The summed E-state index contributed by atoms with van der Waals surface area (Å²) in [5.41, 5.74) is 0.711. The van der Waals surface area contributed by atoms with Crippen LogP contribution >= 0.6 is 11.6 Å². The van der Waals surface area contributed by atoms with Crippen LogP contribution in [-0.2, 0) is 0 Å². The SMILES string of the molecule is Cc1cc(Cl)cc(O)c1-c1ncc(NC2CC(C)(O)C2)nn1. The molecule has 0 atom stereocenters. The number of rotatable bonds is 3. The van der Waals surface area contributed by atoms with E-state index in [1.807, 2.05) is 13.8 Å². The summed E-state index contributed by atoms with van der Waals surface area (Å²) in [6, 6.07) is 3.38. The van der Waals surface area contributed by atoms with E-state index < -0.39 is 5.60 Å². The van der Waals surface area contributed by atoms with Gasteiger partial charge in [0.05, 0.1) is 17.4 Å². The van der Waals surface area contributed by atoms with Crippen LogP contribution in [0.3, 0.4) is 0 Å². The highest BCUT2D eigenvalue weighted by atomic mass is 35.5. The molecular formula is C15H17ClN4O2. The van der Waals surface area contributed by atoms with E-state index in [1.165, 1.54) is 6.07 Å². The molecule has 7 heteroatoms. The molecule has 0 aliphatic heterocycles. The molecule has 1 aromatic heterocycles. The van der Waals surface area contributed by atoms with E-state index in [0.717, 1.165) is 5.56 Å². The third-order valence-corrected chi connectivity index (χ3v) is 4.01. The molecule has 1 saturated carbocycles. The summed E-state index contributed by atoms with van der Waals surface area (Å²) in [4.78, 5) is 4.25. The van der Waals surface area contributed by atoms with Crippen LogP contribution < -0.4 is 5.32 Å². The van der Waals surface area contributed by atoms with Gasteiger partial charge < -0.3 is 15.5 Å². The lowest BCUT2D eigenvalue weighted by molar-refractivity contribution is -0.0235. The molecule has 22 heavy (non-hydrogen) atoms. The number of hydrogen-bond acceptors (Lipinski definition) is 6. The zero-order chi connectivity index (χ0) is 15.9. The van der Waals surface area contributed by atoms with E-state index in [-0.39, 0.29) is 11.8 Å². The Morgan fingerprint density at radius 3 is 2.59 bits per heavy atom. The molecule has 116 valence electrons. The first-order valence-electron chi connectivity index (χ1n) is 7.02. The van der Waals surface area contributed by atoms with Crippen LogP contribution in [0.25, 0.3) is 11.4 Å². The van der Waals surface area contributed by atoms with Crippen LogP contribution in [-0.4, -0.2) is 37.0 Å². The smallest absolute Gasteiger partial charge is 0.185 e. The largest absolute Gasteiger partial charge is 0.507 e. The fraction of sp³-hybridized carbons (Fsp3) is 0.400. The van der Waals surface area contributed by atoms with Crippen LogP contribution in [0, 0.1) is 6.92 Å². The highest BCUT2D eigenvalue weighted by molar-refractivity contribution is 6.30. The highest BCUT2D eigenvalue weighted by Gasteiger charge is 2.38. The lowest BCUT2D eigenvalue weighted by atomic mass is 9.77. The molecule has 1 heterocycles. The lowest BCUT2D eigenvalue weighted by Gasteiger charge is -2.41. The van der Waals surface area contributed by atoms with Crippen molar-refractivity contribution in [3.05, 3.63) is 28.9 Å². The number of aromatic hydroxyl groups is 1. The molecule has 1 aromatic carbocycles. The number of aliphatic hydroxyl groups is 1. The number of nitrogens with zero attached hydrogens (tertiary/aromatic N) is 3. The van der Waals surface area contributed by atoms with Gasteiger partial charge in [0, 0.05) is 11.1 Å². The number of phenols is 1. The fourth-order valence-electron chi connectivity index (χ4n) is 2.79. The molecule has 0 spiro atoms. The first-order valence-corrected chi connectivity index (χ1v) is 7.40. The Morgan fingerprint density at radius 2 is 2.05 bits per heavy atom. The monoisotopic (exact) mass is 320 g/mol. The Hall–Kier alpha value is -1.92. The van der Waals surface area contributed by atoms with Crippen molar-refractivity contribution in [3.63, 3.8) is 0 Å². The van der Waals surface area contributed by atoms with E-state index in [9.17, 15) is 10.2 Å². The topological polar surface area (TPSA) is 91.2 Å². The maximum atomic E-state index is 10.0. The number of phenolic OH excluding ortho intramolecular Hbond substituents is 1. The number of benzene rings is 1. The van der Waals surface area contributed by atoms with E-state index in [0.29, 0.717) is 35.1 Å². The summed E-state index contributed by atoms with van der Waals surface area (Å²) in [6.07, 6.45) is 2.92. The highest BCUT2D eigenvalue weighted by Crippen LogP contribution is 2.34. The molecule has 0 radical (unpaired) electrons. The Kier molecular flexibility index (Phi) is 3.66. The van der Waals surface area contributed by atoms with Gasteiger partial charge in [-0.1, -0.05) is 11.6 Å². The normalized spacial score (nSPS) is 23.9. The molecule has 1 aliphatic rings. The quantitative estimate of drug-likeness (QED) is 0.805. The number of hydrogen-bond donors (Lipinski definition) is 3. The second-order valence-electron chi connectivity index (χ2n) is 6.03. The van der Waals surface area contributed by atoms with Crippen molar-refractivity contribution < 1.29 is 10.2 Å². The second-order valence-corrected chi connectivity index (χ2v) is 6.47. The molecule has 0 amide bonds. The van der Waals surface area contributed by atoms with Gasteiger partial charge in [0.2, 0.25) is 0 Å². The van der Waals surface area contributed by atoms with Crippen molar-refractivity contribution in [1.29, 1.82) is 0 Å². The van der Waals surface area contributed by atoms with E-state index >= 15 is 0 Å². The molecule has 1 fully saturated rings. The Morgan fingerprint density at radius 1 is 1.32 bits per heavy atom. The van der Waals surface area contributed by atoms with Crippen molar-refractivity contribution in [1.82, 2.24) is 15.2 Å². The van der Waals surface area contributed by atoms with Crippen LogP contribution in [0.15, 0.2) is 18.3 Å². The average molecular weight is 321 g/mol. The molecule has 2 aromatic rings. The minimum atomic E-state index is -0.593. The number of anilines is 1. The maximum Gasteiger partial charge on any atom is 0.185 e. The van der Waals surface area contributed by atoms with Gasteiger partial charge in [-0.05, 0) is 44.4 Å². The number of aryl methyl sites for hydroxylation is 1. The van der Waals surface area contributed by atoms with Gasteiger partial charge in [-0.2, -0.15) is 0 Å². The number of nitrogens with one attached hydrogen (secondary N) is 1. The van der Waals surface area contributed by atoms with Crippen molar-refractivity contribution in [2.24, 2.45) is 0 Å². The van der Waals surface area contributed by atoms with Crippen LogP contribution in [0.4, 0.5) is 5.82 Å². The summed E-state index contributed by atoms with van der Waals surface area (Å²) in [5.74, 6) is 0.927. The summed E-state index contributed by atoms with van der Waals surface area (Å²) in [6.45, 7) is 3.64. The zero-order valence-corrected chi connectivity index (χ0v) is 13.1. The standard InChI is InChI=1S/C15H17ClN4O2/c1-8-3-9(16)4-11(21)13(8)14-17-7-12(19-20-14)18-10-5-15(2,22)6-10/h3-4,7,10,21-22H,5-6H2,1-2H3,(H,18,19). The van der Waals surface area contributed by atoms with Crippen molar-refractivity contribution in [2.45, 2.75) is 38.3 Å². The van der Waals surface area contributed by atoms with Gasteiger partial charge in [-0.15, -0.1) is 10.2 Å². The predicted octanol–water partition coefficient (Wildman–Crippen LogP) is 2.53. The summed E-state index contributed by atoms with van der Waals surface area (Å²) < 4.78 is 0. The number of aromatic nitrogens is 3. The molecule has 3 rings (SSSR count). The molecule has 6 nitrogen and oxygen atoms in total. The van der Waals surface area contributed by atoms with E-state index in [1.54, 1.807) is 12.3 Å². The van der Waals surface area contributed by atoms with Crippen LogP contribution in [0.2, 0.25) is 5.02 Å². The van der Waals surface area contributed by atoms with Crippen molar-refractivity contribution >= 4 is 17.4 Å². The van der Waals surface area contributed by atoms with Gasteiger partial charge >= 0.3 is 0 Å². The first-order chi connectivity index (χ1) is 10.3. The predicted molar refractivity (Wildman–Crippen MR) is 83.9 cm³/mol. The molecule has 1 aliphatic carbocycles. The van der Waals surface area contributed by atoms with Gasteiger partial charge in [0.25, 0.3) is 0 Å². The molecular weight excluding hydrogens is 304 g/mol. The summed E-state index contributed by atoms with van der Waals surface area (Å²) in [5, 5.41) is 31.5. The van der Waals surface area contributed by atoms with Crippen LogP contribution in [0.1, 0.15) is 25.3 Å². The van der Waals surface area contributed by atoms with Gasteiger partial charge in [0.15, 0.2) is 11.6 Å². The lowest BCUT2D eigenvalue weighted by Crippen LogP contribution is -2.48. The zero-order valence-electron chi connectivity index (χ0n) is 12.3. The van der Waals surface area contributed by atoms with Gasteiger partial charge in [-0.25, -0.2) is 4.98 Å². The Bertz CT molecular complexity index is 672. The van der Waals surface area contributed by atoms with Crippen molar-refractivity contribution in [2.75, 3.05) is 5.32 Å². The van der Waals surface area contributed by atoms with E-state index in [4.69, 9.17) is 11.6 Å². The second kappa shape index (κ2) is 5.37. The molecule has 0 unspecified atom stereocenters. The fourth-order valence-corrected chi connectivity index (χ4v) is 3.05. The number of halogens is 1. The van der Waals surface area contributed by atoms with Crippen molar-refractivity contribution in [3.8, 4) is 17.1 Å². The summed E-state index contributed by atoms with van der Waals surface area (Å²) >= 11 is 5.89. The first kappa shape index (κ1) is 15.0. The van der Waals surface area contributed by atoms with Gasteiger partial charge in [-0.3, -0.25) is 0 Å². The third kappa shape index (κ3) is 2.98. The third-order valence-electron chi connectivity index (χ3n) is 3.79. The Labute approximate surface area is 133 Å². The Balaban J connectivity index is 1.77. The van der Waals surface area contributed by atoms with Gasteiger partial charge in [0.1, 0.15) is 5.75 Å².